The highest BCUT2D eigenvalue weighted by Crippen LogP contribution is 2.35. The average molecular weight is 325 g/mol. The molecule has 0 aliphatic heterocycles. The SMILES string of the molecule is CC(CNC(=O)c1sc2cc(Cl)ccc2c1N)C(C)(C)C. The maximum absolute atomic E-state index is 12.3. The predicted molar refractivity (Wildman–Crippen MR) is 92.2 cm³/mol. The van der Waals surface area contributed by atoms with E-state index in [-0.39, 0.29) is 11.3 Å². The molecule has 5 heteroatoms. The van der Waals surface area contributed by atoms with Crippen LogP contribution in [0.2, 0.25) is 5.02 Å². The maximum atomic E-state index is 12.3. The summed E-state index contributed by atoms with van der Waals surface area (Å²) in [6.07, 6.45) is 0. The molecular formula is C16H21ClN2OS. The molecule has 0 saturated carbocycles. The number of nitrogens with one attached hydrogen (secondary N) is 1. The Labute approximate surface area is 134 Å². The molecule has 1 heterocycles. The molecule has 2 aromatic rings. The Morgan fingerprint density at radius 3 is 2.71 bits per heavy atom. The van der Waals surface area contributed by atoms with Crippen LogP contribution in [0, 0.1) is 11.3 Å². The number of carbonyl (C=O) groups is 1. The van der Waals surface area contributed by atoms with Gasteiger partial charge < -0.3 is 11.1 Å². The van der Waals surface area contributed by atoms with Crippen molar-refractivity contribution in [3.05, 3.63) is 28.1 Å². The zero-order valence-corrected chi connectivity index (χ0v) is 14.4. The minimum atomic E-state index is -0.110. The monoisotopic (exact) mass is 324 g/mol. The lowest BCUT2D eigenvalue weighted by Gasteiger charge is -2.27. The van der Waals surface area contributed by atoms with E-state index in [1.807, 2.05) is 12.1 Å². The van der Waals surface area contributed by atoms with E-state index >= 15 is 0 Å². The first kappa shape index (κ1) is 16.1. The Morgan fingerprint density at radius 1 is 1.43 bits per heavy atom. The molecule has 3 N–H and O–H groups in total. The number of nitrogens with two attached hydrogens (primary N) is 1. The molecule has 0 spiro atoms. The van der Waals surface area contributed by atoms with E-state index in [4.69, 9.17) is 17.3 Å². The van der Waals surface area contributed by atoms with Crippen molar-refractivity contribution in [2.45, 2.75) is 27.7 Å². The van der Waals surface area contributed by atoms with Gasteiger partial charge in [0.1, 0.15) is 4.88 Å². The highest BCUT2D eigenvalue weighted by Gasteiger charge is 2.22. The van der Waals surface area contributed by atoms with Crippen molar-refractivity contribution in [2.75, 3.05) is 12.3 Å². The molecule has 2 rings (SSSR count). The average Bonchev–Trinajstić information content (AvgIpc) is 2.71. The van der Waals surface area contributed by atoms with Crippen LogP contribution in [0.15, 0.2) is 18.2 Å². The fourth-order valence-corrected chi connectivity index (χ4v) is 3.21. The highest BCUT2D eigenvalue weighted by molar-refractivity contribution is 7.21. The van der Waals surface area contributed by atoms with Gasteiger partial charge in [0.2, 0.25) is 0 Å². The first-order valence-electron chi connectivity index (χ1n) is 6.96. The lowest BCUT2D eigenvalue weighted by atomic mass is 9.82. The lowest BCUT2D eigenvalue weighted by Crippen LogP contribution is -2.33. The summed E-state index contributed by atoms with van der Waals surface area (Å²) in [6.45, 7) is 9.27. The van der Waals surface area contributed by atoms with Gasteiger partial charge in [-0.05, 0) is 29.5 Å². The molecule has 0 fully saturated rings. The van der Waals surface area contributed by atoms with Crippen LogP contribution in [0.5, 0.6) is 0 Å². The summed E-state index contributed by atoms with van der Waals surface area (Å²) in [5.74, 6) is 0.271. The summed E-state index contributed by atoms with van der Waals surface area (Å²) >= 11 is 7.36. The summed E-state index contributed by atoms with van der Waals surface area (Å²) in [5.41, 5.74) is 6.78. The molecule has 1 amide bonds. The van der Waals surface area contributed by atoms with Crippen LogP contribution >= 0.6 is 22.9 Å². The largest absolute Gasteiger partial charge is 0.397 e. The van der Waals surface area contributed by atoms with E-state index in [0.717, 1.165) is 10.1 Å². The Bertz CT molecular complexity index is 673. The zero-order valence-electron chi connectivity index (χ0n) is 12.8. The third-order valence-electron chi connectivity index (χ3n) is 3.94. The Balaban J connectivity index is 2.18. The van der Waals surface area contributed by atoms with Crippen molar-refractivity contribution >= 4 is 44.6 Å². The Morgan fingerprint density at radius 2 is 2.10 bits per heavy atom. The third-order valence-corrected chi connectivity index (χ3v) is 5.35. The van der Waals surface area contributed by atoms with Gasteiger partial charge in [-0.15, -0.1) is 11.3 Å². The predicted octanol–water partition coefficient (Wildman–Crippen LogP) is 4.55. The summed E-state index contributed by atoms with van der Waals surface area (Å²) in [4.78, 5) is 12.9. The quantitative estimate of drug-likeness (QED) is 0.870. The number of rotatable bonds is 3. The molecule has 0 saturated heterocycles. The van der Waals surface area contributed by atoms with E-state index in [1.165, 1.54) is 11.3 Å². The molecular weight excluding hydrogens is 304 g/mol. The van der Waals surface area contributed by atoms with E-state index in [0.29, 0.717) is 28.0 Å². The van der Waals surface area contributed by atoms with Crippen LogP contribution in [0.3, 0.4) is 0 Å². The van der Waals surface area contributed by atoms with Gasteiger partial charge in [-0.25, -0.2) is 0 Å². The lowest BCUT2D eigenvalue weighted by molar-refractivity contribution is 0.0942. The van der Waals surface area contributed by atoms with Gasteiger partial charge in [-0.2, -0.15) is 0 Å². The van der Waals surface area contributed by atoms with Crippen molar-refractivity contribution in [1.29, 1.82) is 0 Å². The second kappa shape index (κ2) is 5.85. The van der Waals surface area contributed by atoms with E-state index in [2.05, 4.69) is 33.0 Å². The van der Waals surface area contributed by atoms with Crippen molar-refractivity contribution in [3.8, 4) is 0 Å². The van der Waals surface area contributed by atoms with Gasteiger partial charge in [-0.1, -0.05) is 39.3 Å². The number of amides is 1. The molecule has 21 heavy (non-hydrogen) atoms. The van der Waals surface area contributed by atoms with Crippen LogP contribution in [0.4, 0.5) is 5.69 Å². The molecule has 0 aliphatic carbocycles. The molecule has 1 unspecified atom stereocenters. The molecule has 0 bridgehead atoms. The van der Waals surface area contributed by atoms with E-state index in [1.54, 1.807) is 6.07 Å². The molecule has 1 aromatic heterocycles. The fourth-order valence-electron chi connectivity index (χ4n) is 1.89. The van der Waals surface area contributed by atoms with Crippen LogP contribution in [0.1, 0.15) is 37.4 Å². The third kappa shape index (κ3) is 3.50. The topological polar surface area (TPSA) is 55.1 Å². The maximum Gasteiger partial charge on any atom is 0.263 e. The number of thiophene rings is 1. The number of anilines is 1. The van der Waals surface area contributed by atoms with Gasteiger partial charge >= 0.3 is 0 Å². The number of nitrogen functional groups attached to an aromatic ring is 1. The highest BCUT2D eigenvalue weighted by atomic mass is 35.5. The summed E-state index contributed by atoms with van der Waals surface area (Å²) < 4.78 is 0.939. The fraction of sp³-hybridized carbons (Fsp3) is 0.438. The number of hydrogen-bond donors (Lipinski definition) is 2. The van der Waals surface area contributed by atoms with Crippen molar-refractivity contribution < 1.29 is 4.79 Å². The van der Waals surface area contributed by atoms with Crippen molar-refractivity contribution in [2.24, 2.45) is 11.3 Å². The summed E-state index contributed by atoms with van der Waals surface area (Å²) in [6, 6.07) is 5.49. The minimum absolute atomic E-state index is 0.110. The standard InChI is InChI=1S/C16H21ClN2OS/c1-9(16(2,3)4)8-19-15(20)14-13(18)11-6-5-10(17)7-12(11)21-14/h5-7,9H,8,18H2,1-4H3,(H,19,20). The van der Waals surface area contributed by atoms with Crippen LogP contribution < -0.4 is 11.1 Å². The first-order chi connectivity index (χ1) is 9.70. The molecule has 0 aliphatic rings. The van der Waals surface area contributed by atoms with Crippen molar-refractivity contribution in [3.63, 3.8) is 0 Å². The zero-order chi connectivity index (χ0) is 15.8. The van der Waals surface area contributed by atoms with Gasteiger partial charge in [-0.3, -0.25) is 4.79 Å². The summed E-state index contributed by atoms with van der Waals surface area (Å²) in [5, 5.41) is 4.52. The molecule has 3 nitrogen and oxygen atoms in total. The second-order valence-corrected chi connectivity index (χ2v) is 7.95. The van der Waals surface area contributed by atoms with Crippen LogP contribution in [-0.4, -0.2) is 12.5 Å². The Hall–Kier alpha value is -1.26. The van der Waals surface area contributed by atoms with E-state index < -0.39 is 0 Å². The van der Waals surface area contributed by atoms with Crippen LogP contribution in [-0.2, 0) is 0 Å². The molecule has 1 atom stereocenters. The molecule has 0 radical (unpaired) electrons. The number of halogens is 1. The second-order valence-electron chi connectivity index (χ2n) is 6.46. The van der Waals surface area contributed by atoms with Gasteiger partial charge in [0.25, 0.3) is 5.91 Å². The van der Waals surface area contributed by atoms with Gasteiger partial charge in [0, 0.05) is 21.7 Å². The number of carbonyl (C=O) groups excluding carboxylic acids is 1. The Kier molecular flexibility index (Phi) is 4.49. The molecule has 114 valence electrons. The smallest absolute Gasteiger partial charge is 0.263 e. The van der Waals surface area contributed by atoms with Gasteiger partial charge in [0.05, 0.1) is 5.69 Å². The first-order valence-corrected chi connectivity index (χ1v) is 8.15. The summed E-state index contributed by atoms with van der Waals surface area (Å²) in [7, 11) is 0. The number of hydrogen-bond acceptors (Lipinski definition) is 3. The van der Waals surface area contributed by atoms with Crippen LogP contribution in [0.25, 0.3) is 10.1 Å². The normalized spacial score (nSPS) is 13.4. The molecule has 1 aromatic carbocycles. The minimum Gasteiger partial charge on any atom is -0.397 e. The van der Waals surface area contributed by atoms with Crippen molar-refractivity contribution in [1.82, 2.24) is 5.32 Å². The number of fused-ring (bicyclic) bond motifs is 1. The van der Waals surface area contributed by atoms with E-state index in [9.17, 15) is 4.79 Å². The van der Waals surface area contributed by atoms with Gasteiger partial charge in [0.15, 0.2) is 0 Å². The number of benzene rings is 1.